The van der Waals surface area contributed by atoms with Gasteiger partial charge < -0.3 is 5.32 Å². The summed E-state index contributed by atoms with van der Waals surface area (Å²) in [6.07, 6.45) is 0. The summed E-state index contributed by atoms with van der Waals surface area (Å²) in [4.78, 5) is 17.0. The van der Waals surface area contributed by atoms with Gasteiger partial charge in [-0.15, -0.1) is 11.3 Å². The van der Waals surface area contributed by atoms with E-state index in [9.17, 15) is 13.2 Å². The van der Waals surface area contributed by atoms with Gasteiger partial charge in [0.1, 0.15) is 10.8 Å². The van der Waals surface area contributed by atoms with Gasteiger partial charge in [0.25, 0.3) is 0 Å². The van der Waals surface area contributed by atoms with Crippen LogP contribution < -0.4 is 5.32 Å². The van der Waals surface area contributed by atoms with E-state index in [4.69, 9.17) is 11.6 Å². The van der Waals surface area contributed by atoms with E-state index < -0.39 is 21.5 Å². The zero-order valence-corrected chi connectivity index (χ0v) is 18.3. The van der Waals surface area contributed by atoms with Crippen molar-refractivity contribution in [3.05, 3.63) is 77.3 Å². The molecule has 152 valence electrons. The molecular weight excluding hydrogens is 440 g/mol. The molecule has 8 heteroatoms. The van der Waals surface area contributed by atoms with Gasteiger partial charge in [-0.3, -0.25) is 4.79 Å². The molecule has 0 spiro atoms. The molecule has 0 atom stereocenters. The summed E-state index contributed by atoms with van der Waals surface area (Å²) in [6.45, 7) is 2.05. The van der Waals surface area contributed by atoms with Gasteiger partial charge in [-0.05, 0) is 73.2 Å². The number of thiazole rings is 1. The van der Waals surface area contributed by atoms with Crippen molar-refractivity contribution < 1.29 is 13.2 Å². The predicted octanol–water partition coefficient (Wildman–Crippen LogP) is 5.34. The first-order chi connectivity index (χ1) is 14.3. The number of amides is 1. The van der Waals surface area contributed by atoms with Crippen LogP contribution in [0.15, 0.2) is 71.6 Å². The Morgan fingerprint density at radius 2 is 1.73 bits per heavy atom. The minimum Gasteiger partial charge on any atom is -0.325 e. The second kappa shape index (κ2) is 8.18. The van der Waals surface area contributed by atoms with E-state index in [0.29, 0.717) is 10.7 Å². The highest BCUT2D eigenvalue weighted by molar-refractivity contribution is 7.92. The molecule has 0 aliphatic heterocycles. The van der Waals surface area contributed by atoms with E-state index >= 15 is 0 Å². The van der Waals surface area contributed by atoms with E-state index in [-0.39, 0.29) is 4.90 Å². The summed E-state index contributed by atoms with van der Waals surface area (Å²) in [6, 6.07) is 19.1. The molecule has 1 amide bonds. The summed E-state index contributed by atoms with van der Waals surface area (Å²) in [5.74, 6) is -1.25. The molecule has 30 heavy (non-hydrogen) atoms. The highest BCUT2D eigenvalue weighted by atomic mass is 35.5. The van der Waals surface area contributed by atoms with Crippen LogP contribution in [-0.4, -0.2) is 25.1 Å². The number of carbonyl (C=O) groups is 1. The molecule has 0 radical (unpaired) electrons. The summed E-state index contributed by atoms with van der Waals surface area (Å²) in [5.41, 5.74) is 3.59. The number of benzene rings is 3. The quantitative estimate of drug-likeness (QED) is 0.440. The van der Waals surface area contributed by atoms with Gasteiger partial charge in [0.15, 0.2) is 9.84 Å². The molecule has 4 rings (SSSR count). The van der Waals surface area contributed by atoms with Gasteiger partial charge in [0, 0.05) is 16.3 Å². The standard InChI is InChI=1S/C22H17ClN2O3S2/c1-14-2-11-19-20(12-14)29-22(25-19)15-3-7-17(8-4-15)24-21(26)13-30(27,28)18-9-5-16(23)6-10-18/h2-12H,13H2,1H3,(H,24,26). The number of nitrogens with zero attached hydrogens (tertiary/aromatic N) is 1. The molecule has 4 aromatic rings. The van der Waals surface area contributed by atoms with Crippen molar-refractivity contribution in [1.29, 1.82) is 0 Å². The Hall–Kier alpha value is -2.74. The van der Waals surface area contributed by atoms with Crippen LogP contribution in [0.25, 0.3) is 20.8 Å². The Bertz CT molecular complexity index is 1330. The van der Waals surface area contributed by atoms with E-state index in [1.54, 1.807) is 23.5 Å². The van der Waals surface area contributed by atoms with Gasteiger partial charge in [-0.2, -0.15) is 0 Å². The number of aromatic nitrogens is 1. The van der Waals surface area contributed by atoms with E-state index in [1.807, 2.05) is 31.2 Å². The number of nitrogens with one attached hydrogen (secondary N) is 1. The SMILES string of the molecule is Cc1ccc2nc(-c3ccc(NC(=O)CS(=O)(=O)c4ccc(Cl)cc4)cc3)sc2c1. The van der Waals surface area contributed by atoms with Gasteiger partial charge >= 0.3 is 0 Å². The maximum Gasteiger partial charge on any atom is 0.239 e. The van der Waals surface area contributed by atoms with E-state index in [2.05, 4.69) is 16.4 Å². The summed E-state index contributed by atoms with van der Waals surface area (Å²) in [5, 5.41) is 3.95. The maximum atomic E-state index is 12.4. The molecule has 1 N–H and O–H groups in total. The first-order valence-electron chi connectivity index (χ1n) is 9.06. The number of sulfone groups is 1. The minimum atomic E-state index is -3.74. The number of carbonyl (C=O) groups excluding carboxylic acids is 1. The average Bonchev–Trinajstić information content (AvgIpc) is 3.11. The molecule has 1 heterocycles. The van der Waals surface area contributed by atoms with Gasteiger partial charge in [-0.1, -0.05) is 17.7 Å². The molecule has 0 saturated carbocycles. The first kappa shape index (κ1) is 20.5. The Balaban J connectivity index is 1.46. The molecule has 5 nitrogen and oxygen atoms in total. The van der Waals surface area contributed by atoms with Crippen molar-refractivity contribution in [2.45, 2.75) is 11.8 Å². The van der Waals surface area contributed by atoms with Crippen molar-refractivity contribution >= 4 is 54.6 Å². The lowest BCUT2D eigenvalue weighted by Gasteiger charge is -2.07. The fourth-order valence-corrected chi connectivity index (χ4v) is 5.28. The van der Waals surface area contributed by atoms with Gasteiger partial charge in [-0.25, -0.2) is 13.4 Å². The topological polar surface area (TPSA) is 76.1 Å². The fraction of sp³-hybridized carbons (Fsp3) is 0.0909. The first-order valence-corrected chi connectivity index (χ1v) is 11.9. The van der Waals surface area contributed by atoms with Crippen LogP contribution in [0.5, 0.6) is 0 Å². The summed E-state index contributed by atoms with van der Waals surface area (Å²) < 4.78 is 25.9. The average molecular weight is 457 g/mol. The Morgan fingerprint density at radius 3 is 2.43 bits per heavy atom. The van der Waals surface area contributed by atoms with Crippen LogP contribution in [-0.2, 0) is 14.6 Å². The second-order valence-electron chi connectivity index (χ2n) is 6.83. The Kier molecular flexibility index (Phi) is 5.60. The number of halogens is 1. The maximum absolute atomic E-state index is 12.4. The van der Waals surface area contributed by atoms with Crippen molar-refractivity contribution in [2.75, 3.05) is 11.1 Å². The lowest BCUT2D eigenvalue weighted by Crippen LogP contribution is -2.23. The van der Waals surface area contributed by atoms with Gasteiger partial charge in [0.05, 0.1) is 15.1 Å². The monoisotopic (exact) mass is 456 g/mol. The van der Waals surface area contributed by atoms with Crippen molar-refractivity contribution in [2.24, 2.45) is 0 Å². The number of rotatable bonds is 5. The molecule has 0 bridgehead atoms. The molecule has 3 aromatic carbocycles. The van der Waals surface area contributed by atoms with E-state index in [0.717, 1.165) is 20.8 Å². The Morgan fingerprint density at radius 1 is 1.03 bits per heavy atom. The molecule has 1 aromatic heterocycles. The zero-order chi connectivity index (χ0) is 21.3. The zero-order valence-electron chi connectivity index (χ0n) is 15.9. The largest absolute Gasteiger partial charge is 0.325 e. The fourth-order valence-electron chi connectivity index (χ4n) is 2.95. The molecule has 0 aliphatic carbocycles. The highest BCUT2D eigenvalue weighted by Crippen LogP contribution is 2.31. The number of fused-ring (bicyclic) bond motifs is 1. The lowest BCUT2D eigenvalue weighted by atomic mass is 10.2. The number of anilines is 1. The van der Waals surface area contributed by atoms with Crippen LogP contribution in [0.1, 0.15) is 5.56 Å². The second-order valence-corrected chi connectivity index (χ2v) is 10.3. The number of hydrogen-bond donors (Lipinski definition) is 1. The van der Waals surface area contributed by atoms with Crippen LogP contribution in [0, 0.1) is 6.92 Å². The number of aryl methyl sites for hydroxylation is 1. The van der Waals surface area contributed by atoms with Crippen LogP contribution in [0.4, 0.5) is 5.69 Å². The third-order valence-corrected chi connectivity index (χ3v) is 7.41. The van der Waals surface area contributed by atoms with Gasteiger partial charge in [0.2, 0.25) is 5.91 Å². The normalized spacial score (nSPS) is 11.5. The predicted molar refractivity (Wildman–Crippen MR) is 122 cm³/mol. The van der Waals surface area contributed by atoms with Crippen LogP contribution in [0.2, 0.25) is 5.02 Å². The van der Waals surface area contributed by atoms with Crippen molar-refractivity contribution in [3.63, 3.8) is 0 Å². The van der Waals surface area contributed by atoms with Crippen molar-refractivity contribution in [1.82, 2.24) is 4.98 Å². The van der Waals surface area contributed by atoms with E-state index in [1.165, 1.54) is 29.8 Å². The summed E-state index contributed by atoms with van der Waals surface area (Å²) >= 11 is 7.39. The molecule has 0 fully saturated rings. The molecule has 0 aliphatic rings. The van der Waals surface area contributed by atoms with Crippen molar-refractivity contribution in [3.8, 4) is 10.6 Å². The third-order valence-electron chi connectivity index (χ3n) is 4.45. The number of hydrogen-bond acceptors (Lipinski definition) is 5. The van der Waals surface area contributed by atoms with Crippen LogP contribution in [0.3, 0.4) is 0 Å². The van der Waals surface area contributed by atoms with Crippen LogP contribution >= 0.6 is 22.9 Å². The highest BCUT2D eigenvalue weighted by Gasteiger charge is 2.19. The molecule has 0 unspecified atom stereocenters. The molecular formula is C22H17ClN2O3S2. The third kappa shape index (κ3) is 4.53. The minimum absolute atomic E-state index is 0.0588. The molecule has 0 saturated heterocycles. The lowest BCUT2D eigenvalue weighted by molar-refractivity contribution is -0.113. The summed E-state index contributed by atoms with van der Waals surface area (Å²) in [7, 11) is -3.74. The Labute approximate surface area is 183 Å². The smallest absolute Gasteiger partial charge is 0.239 e.